The van der Waals surface area contributed by atoms with Crippen molar-refractivity contribution in [2.24, 2.45) is 0 Å². The van der Waals surface area contributed by atoms with Crippen molar-refractivity contribution in [3.05, 3.63) is 22.6 Å². The topological polar surface area (TPSA) is 84.7 Å². The first-order valence-electron chi connectivity index (χ1n) is 6.13. The molecule has 0 aliphatic carbocycles. The Hall–Kier alpha value is -1.38. The number of nitrogens with zero attached hydrogens (tertiary/aromatic N) is 3. The molecule has 1 rings (SSSR count). The molecular weight excluding hydrogens is 282 g/mol. The lowest BCUT2D eigenvalue weighted by Crippen LogP contribution is -2.20. The zero-order valence-electron chi connectivity index (χ0n) is 11.6. The Morgan fingerprint density at radius 2 is 2.25 bits per heavy atom. The van der Waals surface area contributed by atoms with E-state index in [-0.39, 0.29) is 11.3 Å². The Morgan fingerprint density at radius 3 is 2.90 bits per heavy atom. The molecule has 1 aromatic heterocycles. The van der Waals surface area contributed by atoms with Gasteiger partial charge in [0.1, 0.15) is 0 Å². The van der Waals surface area contributed by atoms with Crippen LogP contribution in [0.15, 0.2) is 22.2 Å². The van der Waals surface area contributed by atoms with E-state index in [1.807, 2.05) is 19.0 Å². The zero-order chi connectivity index (χ0) is 15.0. The van der Waals surface area contributed by atoms with Gasteiger partial charge in [-0.1, -0.05) is 11.8 Å². The number of carbonyl (C=O) groups is 1. The Morgan fingerprint density at radius 1 is 1.50 bits per heavy atom. The quantitative estimate of drug-likeness (QED) is 0.390. The summed E-state index contributed by atoms with van der Waals surface area (Å²) in [5, 5.41) is 9.07. The van der Waals surface area contributed by atoms with E-state index in [2.05, 4.69) is 4.98 Å². The first-order valence-corrected chi connectivity index (χ1v) is 7.12. The normalized spacial score (nSPS) is 10.9. The predicted molar refractivity (Wildman–Crippen MR) is 76.2 cm³/mol. The number of rotatable bonds is 9. The molecule has 0 spiro atoms. The fourth-order valence-corrected chi connectivity index (χ4v) is 2.06. The van der Waals surface area contributed by atoms with Gasteiger partial charge in [-0.05, 0) is 14.1 Å². The van der Waals surface area contributed by atoms with Gasteiger partial charge in [-0.2, -0.15) is 4.98 Å². The minimum absolute atomic E-state index is 0.127. The van der Waals surface area contributed by atoms with Crippen LogP contribution >= 0.6 is 11.8 Å². The zero-order valence-corrected chi connectivity index (χ0v) is 12.4. The van der Waals surface area contributed by atoms with Crippen LogP contribution in [-0.4, -0.2) is 65.1 Å². The van der Waals surface area contributed by atoms with Gasteiger partial charge < -0.3 is 19.3 Å². The summed E-state index contributed by atoms with van der Waals surface area (Å²) in [5.41, 5.74) is -0.373. The average molecular weight is 301 g/mol. The second-order valence-corrected chi connectivity index (χ2v) is 5.28. The summed E-state index contributed by atoms with van der Waals surface area (Å²) in [6, 6.07) is 1.35. The van der Waals surface area contributed by atoms with Crippen molar-refractivity contribution in [3.63, 3.8) is 0 Å². The summed E-state index contributed by atoms with van der Waals surface area (Å²) in [5.74, 6) is -1.07. The molecule has 112 valence electrons. The molecule has 0 saturated heterocycles. The van der Waals surface area contributed by atoms with E-state index in [0.29, 0.717) is 24.9 Å². The van der Waals surface area contributed by atoms with Gasteiger partial charge in [0.15, 0.2) is 5.16 Å². The van der Waals surface area contributed by atoms with Crippen molar-refractivity contribution in [1.82, 2.24) is 14.5 Å². The van der Waals surface area contributed by atoms with Crippen LogP contribution in [0.4, 0.5) is 0 Å². The summed E-state index contributed by atoms with van der Waals surface area (Å²) in [6.07, 6.45) is 1.61. The van der Waals surface area contributed by atoms with Gasteiger partial charge in [0, 0.05) is 25.4 Å². The molecule has 0 saturated carbocycles. The maximum atomic E-state index is 11.2. The average Bonchev–Trinajstić information content (AvgIpc) is 2.37. The molecule has 1 heterocycles. The van der Waals surface area contributed by atoms with E-state index in [1.165, 1.54) is 6.07 Å². The number of aromatic nitrogens is 2. The van der Waals surface area contributed by atoms with Crippen molar-refractivity contribution >= 4 is 17.7 Å². The lowest BCUT2D eigenvalue weighted by molar-refractivity contribution is -0.133. The minimum Gasteiger partial charge on any atom is -0.481 e. The van der Waals surface area contributed by atoms with Crippen molar-refractivity contribution in [1.29, 1.82) is 0 Å². The molecule has 0 unspecified atom stereocenters. The largest absolute Gasteiger partial charge is 0.481 e. The number of carboxylic acid groups (broad SMARTS) is 1. The number of thioether (sulfide) groups is 1. The first kappa shape index (κ1) is 16.7. The summed E-state index contributed by atoms with van der Waals surface area (Å²) >= 11 is 1.03. The first-order chi connectivity index (χ1) is 9.49. The Labute approximate surface area is 121 Å². The molecule has 0 aliphatic rings. The lowest BCUT2D eigenvalue weighted by atomic mass is 10.6. The van der Waals surface area contributed by atoms with Gasteiger partial charge in [0.2, 0.25) is 0 Å². The Bertz CT molecular complexity index is 490. The van der Waals surface area contributed by atoms with Crippen LogP contribution in [0.25, 0.3) is 0 Å². The standard InChI is InChI=1S/C12H19N3O4S/c1-14(2)5-7-19-8-6-15-4-3-10(16)13-12(15)20-9-11(17)18/h3-4H,5-9H2,1-2H3,(H,17,18). The Balaban J connectivity index is 2.51. The van der Waals surface area contributed by atoms with Crippen LogP contribution < -0.4 is 5.56 Å². The van der Waals surface area contributed by atoms with Crippen LogP contribution in [0.1, 0.15) is 0 Å². The molecule has 0 amide bonds. The van der Waals surface area contributed by atoms with Crippen LogP contribution in [-0.2, 0) is 16.1 Å². The van der Waals surface area contributed by atoms with E-state index < -0.39 is 5.97 Å². The van der Waals surface area contributed by atoms with Crippen LogP contribution in [0.3, 0.4) is 0 Å². The lowest BCUT2D eigenvalue weighted by Gasteiger charge is -2.12. The van der Waals surface area contributed by atoms with Crippen LogP contribution in [0.5, 0.6) is 0 Å². The third-order valence-corrected chi connectivity index (χ3v) is 3.31. The molecule has 0 fully saturated rings. The van der Waals surface area contributed by atoms with E-state index >= 15 is 0 Å². The summed E-state index contributed by atoms with van der Waals surface area (Å²) in [7, 11) is 3.94. The van der Waals surface area contributed by atoms with Crippen LogP contribution in [0.2, 0.25) is 0 Å². The molecular formula is C12H19N3O4S. The number of carboxylic acids is 1. The molecule has 7 nitrogen and oxygen atoms in total. The molecule has 0 radical (unpaired) electrons. The third-order valence-electron chi connectivity index (χ3n) is 2.33. The predicted octanol–water partition coefficient (Wildman–Crippen LogP) is -0.00180. The fourth-order valence-electron chi connectivity index (χ4n) is 1.34. The van der Waals surface area contributed by atoms with Gasteiger partial charge in [-0.3, -0.25) is 9.59 Å². The fraction of sp³-hybridized carbons (Fsp3) is 0.583. The highest BCUT2D eigenvalue weighted by Crippen LogP contribution is 2.13. The second kappa shape index (κ2) is 8.72. The molecule has 8 heteroatoms. The SMILES string of the molecule is CN(C)CCOCCn1ccc(=O)nc1SCC(=O)O. The van der Waals surface area contributed by atoms with Gasteiger partial charge in [-0.25, -0.2) is 0 Å². The van der Waals surface area contributed by atoms with Crippen molar-refractivity contribution in [2.45, 2.75) is 11.7 Å². The number of aliphatic carboxylic acids is 1. The van der Waals surface area contributed by atoms with Gasteiger partial charge in [-0.15, -0.1) is 0 Å². The van der Waals surface area contributed by atoms with Crippen molar-refractivity contribution in [2.75, 3.05) is 39.6 Å². The summed E-state index contributed by atoms with van der Waals surface area (Å²) < 4.78 is 7.19. The van der Waals surface area contributed by atoms with E-state index in [4.69, 9.17) is 9.84 Å². The maximum absolute atomic E-state index is 11.2. The summed E-state index contributed by atoms with van der Waals surface area (Å²) in [4.78, 5) is 27.6. The monoisotopic (exact) mass is 301 g/mol. The van der Waals surface area contributed by atoms with Gasteiger partial charge >= 0.3 is 5.97 Å². The molecule has 0 aromatic carbocycles. The highest BCUT2D eigenvalue weighted by atomic mass is 32.2. The summed E-state index contributed by atoms with van der Waals surface area (Å²) in [6.45, 7) is 2.48. The highest BCUT2D eigenvalue weighted by molar-refractivity contribution is 7.99. The number of likely N-dealkylation sites (N-methyl/N-ethyl adjacent to an activating group) is 1. The smallest absolute Gasteiger partial charge is 0.313 e. The maximum Gasteiger partial charge on any atom is 0.313 e. The molecule has 1 N–H and O–H groups in total. The van der Waals surface area contributed by atoms with Crippen LogP contribution in [0, 0.1) is 0 Å². The number of ether oxygens (including phenoxy) is 1. The molecule has 0 atom stereocenters. The van der Waals surface area contributed by atoms with Crippen molar-refractivity contribution in [3.8, 4) is 0 Å². The third kappa shape index (κ3) is 6.69. The highest BCUT2D eigenvalue weighted by Gasteiger charge is 2.06. The molecule has 0 aliphatic heterocycles. The number of hydrogen-bond acceptors (Lipinski definition) is 6. The van der Waals surface area contributed by atoms with E-state index in [1.54, 1.807) is 10.8 Å². The molecule has 0 bridgehead atoms. The van der Waals surface area contributed by atoms with E-state index in [9.17, 15) is 9.59 Å². The van der Waals surface area contributed by atoms with E-state index in [0.717, 1.165) is 18.3 Å². The molecule has 20 heavy (non-hydrogen) atoms. The number of hydrogen-bond donors (Lipinski definition) is 1. The Kier molecular flexibility index (Phi) is 7.27. The minimum atomic E-state index is -0.943. The van der Waals surface area contributed by atoms with Gasteiger partial charge in [0.25, 0.3) is 5.56 Å². The second-order valence-electron chi connectivity index (χ2n) is 4.34. The van der Waals surface area contributed by atoms with Gasteiger partial charge in [0.05, 0.1) is 19.0 Å². The molecule has 1 aromatic rings. The van der Waals surface area contributed by atoms with Crippen molar-refractivity contribution < 1.29 is 14.6 Å².